The SMILES string of the molecule is CCOC(=O)[C@H](C)C[C@@H](NC(=O)Cc1cccc(F)c1)C(=O)O. The highest BCUT2D eigenvalue weighted by Gasteiger charge is 2.26. The van der Waals surface area contributed by atoms with Crippen LogP contribution in [-0.4, -0.2) is 35.6 Å². The molecule has 23 heavy (non-hydrogen) atoms. The number of carbonyl (C=O) groups excluding carboxylic acids is 2. The lowest BCUT2D eigenvalue weighted by molar-refractivity contribution is -0.149. The molecule has 1 rings (SSSR count). The van der Waals surface area contributed by atoms with Crippen molar-refractivity contribution < 1.29 is 28.6 Å². The van der Waals surface area contributed by atoms with E-state index in [1.165, 1.54) is 25.1 Å². The minimum atomic E-state index is -1.24. The number of esters is 1. The number of benzene rings is 1. The van der Waals surface area contributed by atoms with E-state index in [1.807, 2.05) is 0 Å². The monoisotopic (exact) mass is 325 g/mol. The van der Waals surface area contributed by atoms with E-state index in [9.17, 15) is 18.8 Å². The summed E-state index contributed by atoms with van der Waals surface area (Å²) in [7, 11) is 0. The van der Waals surface area contributed by atoms with Crippen LogP contribution in [-0.2, 0) is 25.5 Å². The molecule has 6 nitrogen and oxygen atoms in total. The Bertz CT molecular complexity index is 575. The quantitative estimate of drug-likeness (QED) is 0.707. The van der Waals surface area contributed by atoms with E-state index in [2.05, 4.69) is 5.32 Å². The highest BCUT2D eigenvalue weighted by Crippen LogP contribution is 2.10. The van der Waals surface area contributed by atoms with Crippen LogP contribution in [0.2, 0.25) is 0 Å². The Kier molecular flexibility index (Phi) is 7.18. The van der Waals surface area contributed by atoms with Crippen LogP contribution >= 0.6 is 0 Å². The average Bonchev–Trinajstić information content (AvgIpc) is 2.46. The molecule has 2 atom stereocenters. The van der Waals surface area contributed by atoms with Gasteiger partial charge in [-0.3, -0.25) is 9.59 Å². The summed E-state index contributed by atoms with van der Waals surface area (Å²) in [5, 5.41) is 11.5. The van der Waals surface area contributed by atoms with Crippen molar-refractivity contribution in [3.8, 4) is 0 Å². The molecule has 0 saturated heterocycles. The molecule has 0 aromatic heterocycles. The molecule has 0 bridgehead atoms. The lowest BCUT2D eigenvalue weighted by Crippen LogP contribution is -2.43. The second kappa shape index (κ2) is 8.87. The Labute approximate surface area is 133 Å². The van der Waals surface area contributed by atoms with Crippen molar-refractivity contribution in [2.45, 2.75) is 32.7 Å². The summed E-state index contributed by atoms with van der Waals surface area (Å²) in [5.41, 5.74) is 0.435. The Morgan fingerprint density at radius 2 is 2.04 bits per heavy atom. The van der Waals surface area contributed by atoms with Gasteiger partial charge in [-0.2, -0.15) is 0 Å². The summed E-state index contributed by atoms with van der Waals surface area (Å²) in [5.74, 6) is -3.45. The molecule has 0 aliphatic carbocycles. The van der Waals surface area contributed by atoms with Gasteiger partial charge < -0.3 is 15.2 Å². The van der Waals surface area contributed by atoms with E-state index < -0.39 is 35.6 Å². The van der Waals surface area contributed by atoms with Crippen LogP contribution in [0.1, 0.15) is 25.8 Å². The molecule has 0 spiro atoms. The van der Waals surface area contributed by atoms with E-state index in [-0.39, 0.29) is 19.4 Å². The first kappa shape index (κ1) is 18.6. The Morgan fingerprint density at radius 3 is 2.61 bits per heavy atom. The molecule has 0 unspecified atom stereocenters. The van der Waals surface area contributed by atoms with E-state index >= 15 is 0 Å². The first-order valence-electron chi connectivity index (χ1n) is 7.26. The average molecular weight is 325 g/mol. The normalized spacial score (nSPS) is 13.0. The van der Waals surface area contributed by atoms with Gasteiger partial charge in [0.05, 0.1) is 18.9 Å². The zero-order valence-corrected chi connectivity index (χ0v) is 13.0. The molecule has 0 aliphatic heterocycles. The van der Waals surface area contributed by atoms with Gasteiger partial charge in [-0.1, -0.05) is 19.1 Å². The highest BCUT2D eigenvalue weighted by atomic mass is 19.1. The van der Waals surface area contributed by atoms with Crippen molar-refractivity contribution >= 4 is 17.8 Å². The number of hydrogen-bond acceptors (Lipinski definition) is 4. The number of carboxylic acid groups (broad SMARTS) is 1. The van der Waals surface area contributed by atoms with Crippen molar-refractivity contribution in [1.29, 1.82) is 0 Å². The maximum absolute atomic E-state index is 13.1. The zero-order chi connectivity index (χ0) is 17.4. The van der Waals surface area contributed by atoms with Gasteiger partial charge in [-0.05, 0) is 31.0 Å². The van der Waals surface area contributed by atoms with Crippen LogP contribution in [0.4, 0.5) is 4.39 Å². The summed E-state index contributed by atoms with van der Waals surface area (Å²) < 4.78 is 17.9. The number of rotatable bonds is 8. The standard InChI is InChI=1S/C16H20FNO5/c1-3-23-16(22)10(2)7-13(15(20)21)18-14(19)9-11-5-4-6-12(17)8-11/h4-6,8,10,13H,3,7,9H2,1-2H3,(H,18,19)(H,20,21)/t10-,13-/m1/s1. The van der Waals surface area contributed by atoms with Crippen LogP contribution in [0.25, 0.3) is 0 Å². The van der Waals surface area contributed by atoms with Crippen LogP contribution in [0.5, 0.6) is 0 Å². The Balaban J connectivity index is 2.63. The zero-order valence-electron chi connectivity index (χ0n) is 13.0. The van der Waals surface area contributed by atoms with Gasteiger partial charge >= 0.3 is 11.9 Å². The van der Waals surface area contributed by atoms with E-state index in [4.69, 9.17) is 9.84 Å². The van der Waals surface area contributed by atoms with Gasteiger partial charge in [0.1, 0.15) is 11.9 Å². The summed E-state index contributed by atoms with van der Waals surface area (Å²) in [6.07, 6.45) is -0.224. The predicted molar refractivity (Wildman–Crippen MR) is 80.1 cm³/mol. The fraction of sp³-hybridized carbons (Fsp3) is 0.438. The minimum Gasteiger partial charge on any atom is -0.480 e. The molecule has 0 heterocycles. The fourth-order valence-electron chi connectivity index (χ4n) is 2.03. The number of hydrogen-bond donors (Lipinski definition) is 2. The molecule has 0 radical (unpaired) electrons. The van der Waals surface area contributed by atoms with Crippen molar-refractivity contribution in [3.63, 3.8) is 0 Å². The number of ether oxygens (including phenoxy) is 1. The summed E-state index contributed by atoms with van der Waals surface area (Å²) in [6, 6.07) is 4.28. The van der Waals surface area contributed by atoms with Gasteiger partial charge in [0.15, 0.2) is 0 Å². The third-order valence-corrected chi connectivity index (χ3v) is 3.17. The second-order valence-corrected chi connectivity index (χ2v) is 5.15. The lowest BCUT2D eigenvalue weighted by atomic mass is 10.0. The van der Waals surface area contributed by atoms with Crippen molar-refractivity contribution in [3.05, 3.63) is 35.6 Å². The Morgan fingerprint density at radius 1 is 1.35 bits per heavy atom. The van der Waals surface area contributed by atoms with Crippen molar-refractivity contribution in [2.24, 2.45) is 5.92 Å². The van der Waals surface area contributed by atoms with Crippen molar-refractivity contribution in [1.82, 2.24) is 5.32 Å². The smallest absolute Gasteiger partial charge is 0.326 e. The van der Waals surface area contributed by atoms with E-state index in [0.29, 0.717) is 5.56 Å². The number of amides is 1. The topological polar surface area (TPSA) is 92.7 Å². The molecular weight excluding hydrogens is 305 g/mol. The summed E-state index contributed by atoms with van der Waals surface area (Å²) in [6.45, 7) is 3.39. The molecular formula is C16H20FNO5. The molecule has 0 saturated carbocycles. The lowest BCUT2D eigenvalue weighted by Gasteiger charge is -2.18. The molecule has 126 valence electrons. The van der Waals surface area contributed by atoms with Gasteiger partial charge in [-0.15, -0.1) is 0 Å². The van der Waals surface area contributed by atoms with Crippen LogP contribution < -0.4 is 5.32 Å². The van der Waals surface area contributed by atoms with Gasteiger partial charge in [-0.25, -0.2) is 9.18 Å². The number of carbonyl (C=O) groups is 3. The van der Waals surface area contributed by atoms with Crippen molar-refractivity contribution in [2.75, 3.05) is 6.61 Å². The summed E-state index contributed by atoms with van der Waals surface area (Å²) >= 11 is 0. The van der Waals surface area contributed by atoms with E-state index in [1.54, 1.807) is 13.0 Å². The summed E-state index contributed by atoms with van der Waals surface area (Å²) in [4.78, 5) is 34.7. The molecule has 1 amide bonds. The maximum Gasteiger partial charge on any atom is 0.326 e. The minimum absolute atomic E-state index is 0.0803. The first-order valence-corrected chi connectivity index (χ1v) is 7.26. The third-order valence-electron chi connectivity index (χ3n) is 3.17. The fourth-order valence-corrected chi connectivity index (χ4v) is 2.03. The Hall–Kier alpha value is -2.44. The van der Waals surface area contributed by atoms with Gasteiger partial charge in [0.25, 0.3) is 0 Å². The number of carboxylic acids is 1. The van der Waals surface area contributed by atoms with Gasteiger partial charge in [0.2, 0.25) is 5.91 Å². The largest absolute Gasteiger partial charge is 0.480 e. The molecule has 1 aromatic rings. The molecule has 0 aliphatic rings. The maximum atomic E-state index is 13.1. The molecule has 0 fully saturated rings. The predicted octanol–water partition coefficient (Wildman–Crippen LogP) is 1.53. The number of nitrogens with one attached hydrogen (secondary N) is 1. The van der Waals surface area contributed by atoms with E-state index in [0.717, 1.165) is 0 Å². The second-order valence-electron chi connectivity index (χ2n) is 5.15. The molecule has 1 aromatic carbocycles. The van der Waals surface area contributed by atoms with Crippen LogP contribution in [0.3, 0.4) is 0 Å². The molecule has 2 N–H and O–H groups in total. The van der Waals surface area contributed by atoms with Crippen LogP contribution in [0, 0.1) is 11.7 Å². The molecule has 7 heteroatoms. The van der Waals surface area contributed by atoms with Gasteiger partial charge in [0, 0.05) is 0 Å². The third kappa shape index (κ3) is 6.46. The number of halogens is 1. The van der Waals surface area contributed by atoms with Crippen LogP contribution in [0.15, 0.2) is 24.3 Å². The number of aliphatic carboxylic acids is 1. The highest BCUT2D eigenvalue weighted by molar-refractivity contribution is 5.85. The first-order chi connectivity index (χ1) is 10.8.